The van der Waals surface area contributed by atoms with Gasteiger partial charge in [0, 0.05) is 6.54 Å². The Morgan fingerprint density at radius 1 is 1.12 bits per heavy atom. The van der Waals surface area contributed by atoms with Crippen molar-refractivity contribution in [2.45, 2.75) is 64.4 Å². The molecule has 0 saturated carbocycles. The summed E-state index contributed by atoms with van der Waals surface area (Å²) < 4.78 is 5.24. The molecule has 3 nitrogen and oxygen atoms in total. The predicted octanol–water partition coefficient (Wildman–Crippen LogP) is 3.79. The fourth-order valence-electron chi connectivity index (χ4n) is 2.03. The Balaban J connectivity index is 2.30. The molecular weight excluding hydrogens is 214 g/mol. The highest BCUT2D eigenvalue weighted by atomic mass is 16.6. The van der Waals surface area contributed by atoms with Gasteiger partial charge in [-0.15, -0.1) is 0 Å². The average molecular weight is 239 g/mol. The van der Waals surface area contributed by atoms with Crippen LogP contribution >= 0.6 is 0 Å². The van der Waals surface area contributed by atoms with E-state index in [1.807, 2.05) is 13.0 Å². The number of hydrogen-bond donors (Lipinski definition) is 1. The number of alkyl carbamates (subject to hydrolysis) is 1. The van der Waals surface area contributed by atoms with Crippen LogP contribution in [0.5, 0.6) is 0 Å². The van der Waals surface area contributed by atoms with Crippen molar-refractivity contribution in [3.05, 3.63) is 12.2 Å². The molecule has 0 spiro atoms. The Morgan fingerprint density at radius 2 is 1.82 bits per heavy atom. The lowest BCUT2D eigenvalue weighted by Crippen LogP contribution is -2.27. The lowest BCUT2D eigenvalue weighted by molar-refractivity contribution is 0.101. The highest BCUT2D eigenvalue weighted by Gasteiger charge is 2.07. The maximum absolute atomic E-state index is 11.4. The molecule has 0 bridgehead atoms. The van der Waals surface area contributed by atoms with Crippen LogP contribution in [-0.4, -0.2) is 18.7 Å². The van der Waals surface area contributed by atoms with E-state index in [0.717, 1.165) is 19.3 Å². The molecule has 0 fully saturated rings. The van der Waals surface area contributed by atoms with Crippen molar-refractivity contribution in [2.24, 2.45) is 0 Å². The van der Waals surface area contributed by atoms with Gasteiger partial charge >= 0.3 is 6.09 Å². The van der Waals surface area contributed by atoms with E-state index in [4.69, 9.17) is 4.74 Å². The molecule has 1 amide bonds. The third kappa shape index (κ3) is 7.83. The molecule has 1 rings (SSSR count). The van der Waals surface area contributed by atoms with E-state index in [-0.39, 0.29) is 12.2 Å². The maximum atomic E-state index is 11.4. The van der Waals surface area contributed by atoms with E-state index in [9.17, 15) is 4.79 Å². The number of nitrogens with one attached hydrogen (secondary N) is 1. The molecule has 1 unspecified atom stereocenters. The van der Waals surface area contributed by atoms with Gasteiger partial charge in [0.05, 0.1) is 0 Å². The van der Waals surface area contributed by atoms with Gasteiger partial charge in [0.25, 0.3) is 0 Å². The van der Waals surface area contributed by atoms with Crippen LogP contribution in [0.4, 0.5) is 4.79 Å². The van der Waals surface area contributed by atoms with Crippen molar-refractivity contribution >= 4 is 6.09 Å². The highest BCUT2D eigenvalue weighted by Crippen LogP contribution is 2.11. The number of ether oxygens (including phenoxy) is 1. The molecule has 98 valence electrons. The summed E-state index contributed by atoms with van der Waals surface area (Å²) in [6.45, 7) is 2.54. The number of hydrogen-bond acceptors (Lipinski definition) is 2. The first kappa shape index (κ1) is 14.1. The predicted molar refractivity (Wildman–Crippen MR) is 70.0 cm³/mol. The Bertz CT molecular complexity index is 238. The minimum atomic E-state index is -0.294. The molecule has 0 radical (unpaired) electrons. The molecule has 1 heterocycles. The fourth-order valence-corrected chi connectivity index (χ4v) is 2.03. The summed E-state index contributed by atoms with van der Waals surface area (Å²) in [6, 6.07) is 0. The van der Waals surface area contributed by atoms with Crippen molar-refractivity contribution in [1.29, 1.82) is 0 Å². The monoisotopic (exact) mass is 239 g/mol. The van der Waals surface area contributed by atoms with E-state index < -0.39 is 0 Å². The second kappa shape index (κ2) is 9.08. The van der Waals surface area contributed by atoms with E-state index in [1.54, 1.807) is 0 Å². The standard InChI is InChI=1S/C14H25NO2/c1-13-11-9-7-5-3-2-4-6-8-10-12-15-14(16)17-13/h8,10,13H,2-7,9,11-12H2,1H3,(H,15,16)/b10-8-. The number of rotatable bonds is 0. The van der Waals surface area contributed by atoms with Crippen LogP contribution in [0.2, 0.25) is 0 Å². The van der Waals surface area contributed by atoms with Gasteiger partial charge in [-0.1, -0.05) is 37.8 Å². The lowest BCUT2D eigenvalue weighted by Gasteiger charge is -2.13. The second-order valence-electron chi connectivity index (χ2n) is 4.77. The fraction of sp³-hybridized carbons (Fsp3) is 0.786. The summed E-state index contributed by atoms with van der Waals surface area (Å²) in [5.74, 6) is 0. The van der Waals surface area contributed by atoms with Crippen molar-refractivity contribution in [1.82, 2.24) is 5.32 Å². The summed E-state index contributed by atoms with van der Waals surface area (Å²) in [5.41, 5.74) is 0. The summed E-state index contributed by atoms with van der Waals surface area (Å²) in [5, 5.41) is 2.73. The minimum absolute atomic E-state index is 0.0316. The van der Waals surface area contributed by atoms with Crippen LogP contribution in [0.15, 0.2) is 12.2 Å². The lowest BCUT2D eigenvalue weighted by atomic mass is 10.1. The Morgan fingerprint density at radius 3 is 2.65 bits per heavy atom. The topological polar surface area (TPSA) is 38.3 Å². The van der Waals surface area contributed by atoms with Gasteiger partial charge in [-0.25, -0.2) is 4.79 Å². The number of carbonyl (C=O) groups excluding carboxylic acids is 1. The molecule has 1 atom stereocenters. The van der Waals surface area contributed by atoms with Crippen molar-refractivity contribution in [3.63, 3.8) is 0 Å². The van der Waals surface area contributed by atoms with E-state index in [2.05, 4.69) is 11.4 Å². The quantitative estimate of drug-likeness (QED) is 0.653. The summed E-state index contributed by atoms with van der Waals surface area (Å²) >= 11 is 0. The van der Waals surface area contributed by atoms with Gasteiger partial charge in [-0.2, -0.15) is 0 Å². The molecule has 0 aromatic rings. The second-order valence-corrected chi connectivity index (χ2v) is 4.77. The maximum Gasteiger partial charge on any atom is 0.407 e. The SMILES string of the molecule is CC1CCCCCCCC/C=C\CNC(=O)O1. The molecule has 0 saturated heterocycles. The molecule has 0 aromatic heterocycles. The number of carbonyl (C=O) groups is 1. The van der Waals surface area contributed by atoms with Crippen LogP contribution in [-0.2, 0) is 4.74 Å². The van der Waals surface area contributed by atoms with Gasteiger partial charge in [-0.05, 0) is 32.6 Å². The smallest absolute Gasteiger partial charge is 0.407 e. The van der Waals surface area contributed by atoms with Crippen LogP contribution in [0.25, 0.3) is 0 Å². The Kier molecular flexibility index (Phi) is 7.52. The first-order valence-electron chi connectivity index (χ1n) is 6.88. The van der Waals surface area contributed by atoms with E-state index in [1.165, 1.54) is 32.1 Å². The van der Waals surface area contributed by atoms with Crippen LogP contribution in [0.3, 0.4) is 0 Å². The van der Waals surface area contributed by atoms with E-state index >= 15 is 0 Å². The molecule has 17 heavy (non-hydrogen) atoms. The summed E-state index contributed by atoms with van der Waals surface area (Å²) in [7, 11) is 0. The average Bonchev–Trinajstić information content (AvgIpc) is 2.30. The molecule has 1 N–H and O–H groups in total. The van der Waals surface area contributed by atoms with Gasteiger partial charge in [-0.3, -0.25) is 0 Å². The van der Waals surface area contributed by atoms with Crippen molar-refractivity contribution in [2.75, 3.05) is 6.54 Å². The molecule has 0 aliphatic carbocycles. The summed E-state index contributed by atoms with van der Waals surface area (Å²) in [4.78, 5) is 11.4. The van der Waals surface area contributed by atoms with Crippen LogP contribution in [0.1, 0.15) is 58.3 Å². The zero-order valence-corrected chi connectivity index (χ0v) is 10.9. The normalized spacial score (nSPS) is 27.1. The molecular formula is C14H25NO2. The van der Waals surface area contributed by atoms with Crippen molar-refractivity contribution in [3.8, 4) is 0 Å². The van der Waals surface area contributed by atoms with E-state index in [0.29, 0.717) is 6.54 Å². The molecule has 3 heteroatoms. The molecule has 1 aliphatic rings. The minimum Gasteiger partial charge on any atom is -0.447 e. The van der Waals surface area contributed by atoms with Crippen LogP contribution in [0, 0.1) is 0 Å². The first-order valence-corrected chi connectivity index (χ1v) is 6.88. The van der Waals surface area contributed by atoms with Gasteiger partial charge < -0.3 is 10.1 Å². The van der Waals surface area contributed by atoms with Gasteiger partial charge in [0.2, 0.25) is 0 Å². The number of cyclic esters (lactones) is 1. The third-order valence-electron chi connectivity index (χ3n) is 3.07. The van der Waals surface area contributed by atoms with Gasteiger partial charge in [0.1, 0.15) is 6.10 Å². The first-order chi connectivity index (χ1) is 8.29. The molecule has 1 aliphatic heterocycles. The zero-order chi connectivity index (χ0) is 12.3. The number of allylic oxidation sites excluding steroid dienone is 1. The van der Waals surface area contributed by atoms with Crippen LogP contribution < -0.4 is 5.32 Å². The summed E-state index contributed by atoms with van der Waals surface area (Å²) in [6.07, 6.45) is 13.6. The largest absolute Gasteiger partial charge is 0.447 e. The highest BCUT2D eigenvalue weighted by molar-refractivity contribution is 5.67. The third-order valence-corrected chi connectivity index (χ3v) is 3.07. The van der Waals surface area contributed by atoms with Crippen molar-refractivity contribution < 1.29 is 9.53 Å². The van der Waals surface area contributed by atoms with Gasteiger partial charge in [0.15, 0.2) is 0 Å². The number of amides is 1. The Hall–Kier alpha value is -0.990. The molecule has 0 aromatic carbocycles. The zero-order valence-electron chi connectivity index (χ0n) is 10.9. The Labute approximate surface area is 105 Å².